The average Bonchev–Trinajstić information content (AvgIpc) is 3.25. The predicted octanol–water partition coefficient (Wildman–Crippen LogP) is 5.96. The third-order valence-electron chi connectivity index (χ3n) is 7.10. The monoisotopic (exact) mass is 621 g/mol. The van der Waals surface area contributed by atoms with Crippen molar-refractivity contribution in [3.8, 4) is 11.1 Å². The van der Waals surface area contributed by atoms with Crippen LogP contribution in [0.1, 0.15) is 84.3 Å². The highest BCUT2D eigenvalue weighted by Gasteiger charge is 2.34. The number of rotatable bonds is 13. The van der Waals surface area contributed by atoms with Gasteiger partial charge in [-0.05, 0) is 76.6 Å². The van der Waals surface area contributed by atoms with Gasteiger partial charge in [0.15, 0.2) is 5.78 Å². The number of alkyl carbamates (subject to hydrolysis) is 1. The lowest BCUT2D eigenvalue weighted by atomic mass is 9.88. The van der Waals surface area contributed by atoms with E-state index in [0.717, 1.165) is 22.3 Å². The van der Waals surface area contributed by atoms with E-state index in [1.807, 2.05) is 48.5 Å². The minimum atomic E-state index is -1.42. The number of carboxylic acid groups (broad SMARTS) is 1. The number of benzene rings is 2. The van der Waals surface area contributed by atoms with Crippen molar-refractivity contribution in [1.29, 1.82) is 0 Å². The fourth-order valence-electron chi connectivity index (χ4n) is 5.20. The molecule has 10 heteroatoms. The maximum Gasteiger partial charge on any atom is 0.407 e. The number of nitrogens with one attached hydrogen (secondary N) is 1. The normalized spacial score (nSPS) is 13.9. The maximum atomic E-state index is 13.6. The number of ether oxygens (including phenoxy) is 3. The highest BCUT2D eigenvalue weighted by atomic mass is 16.6. The number of hydrogen-bond acceptors (Lipinski definition) is 8. The van der Waals surface area contributed by atoms with Crippen molar-refractivity contribution < 1.29 is 43.3 Å². The lowest BCUT2D eigenvalue weighted by molar-refractivity contribution is -0.156. The smallest absolute Gasteiger partial charge is 0.407 e. The van der Waals surface area contributed by atoms with Crippen LogP contribution in [0.4, 0.5) is 4.79 Å². The molecule has 1 aliphatic carbocycles. The Kier molecular flexibility index (Phi) is 11.3. The van der Waals surface area contributed by atoms with Crippen LogP contribution in [-0.2, 0) is 33.4 Å². The Morgan fingerprint density at radius 2 is 1.27 bits per heavy atom. The van der Waals surface area contributed by atoms with E-state index in [2.05, 4.69) is 11.9 Å². The molecule has 0 aliphatic heterocycles. The molecular weight excluding hydrogens is 578 g/mol. The summed E-state index contributed by atoms with van der Waals surface area (Å²) in [6.07, 6.45) is -1.83. The molecule has 2 N–H and O–H groups in total. The SMILES string of the molecule is C=C(C(=O)[C@H](CCC(=O)OC(C)(C)C)NC(=O)OCC1c2ccccc2-c2ccccc21)[C@@H](CCC(=O)OC(C)(C)C)C(=O)O. The van der Waals surface area contributed by atoms with Crippen molar-refractivity contribution in [1.82, 2.24) is 5.32 Å². The Bertz CT molecular complexity index is 1400. The summed E-state index contributed by atoms with van der Waals surface area (Å²) in [5.41, 5.74) is 2.26. The topological polar surface area (TPSA) is 145 Å². The largest absolute Gasteiger partial charge is 0.481 e. The van der Waals surface area contributed by atoms with Gasteiger partial charge < -0.3 is 24.6 Å². The molecule has 0 saturated heterocycles. The highest BCUT2D eigenvalue weighted by molar-refractivity contribution is 6.04. The van der Waals surface area contributed by atoms with Crippen LogP contribution in [0.25, 0.3) is 11.1 Å². The van der Waals surface area contributed by atoms with E-state index >= 15 is 0 Å². The second-order valence-electron chi connectivity index (χ2n) is 13.1. The molecule has 0 aromatic heterocycles. The Labute approximate surface area is 264 Å². The number of fused-ring (bicyclic) bond motifs is 3. The Morgan fingerprint density at radius 3 is 1.73 bits per heavy atom. The van der Waals surface area contributed by atoms with Gasteiger partial charge in [-0.3, -0.25) is 19.2 Å². The molecule has 2 aromatic carbocycles. The van der Waals surface area contributed by atoms with E-state index in [1.54, 1.807) is 41.5 Å². The van der Waals surface area contributed by atoms with Crippen molar-refractivity contribution in [3.63, 3.8) is 0 Å². The van der Waals surface area contributed by atoms with Crippen LogP contribution in [0, 0.1) is 5.92 Å². The number of carbonyl (C=O) groups excluding carboxylic acids is 4. The fourth-order valence-corrected chi connectivity index (χ4v) is 5.20. The number of amides is 1. The van der Waals surface area contributed by atoms with E-state index in [1.165, 1.54) is 0 Å². The summed E-state index contributed by atoms with van der Waals surface area (Å²) >= 11 is 0. The van der Waals surface area contributed by atoms with Crippen LogP contribution in [0.15, 0.2) is 60.7 Å². The number of ketones is 1. The van der Waals surface area contributed by atoms with Crippen molar-refractivity contribution in [2.45, 2.75) is 90.4 Å². The minimum Gasteiger partial charge on any atom is -0.481 e. The molecule has 0 spiro atoms. The first-order valence-electron chi connectivity index (χ1n) is 15.0. The molecule has 3 rings (SSSR count). The lowest BCUT2D eigenvalue weighted by Crippen LogP contribution is -2.44. The highest BCUT2D eigenvalue weighted by Crippen LogP contribution is 2.44. The first-order chi connectivity index (χ1) is 21.0. The molecular formula is C35H43NO9. The van der Waals surface area contributed by atoms with Crippen LogP contribution >= 0.6 is 0 Å². The van der Waals surface area contributed by atoms with Gasteiger partial charge >= 0.3 is 24.0 Å². The van der Waals surface area contributed by atoms with Gasteiger partial charge in [0.1, 0.15) is 17.8 Å². The number of hydrogen-bond donors (Lipinski definition) is 2. The average molecular weight is 622 g/mol. The van der Waals surface area contributed by atoms with Crippen molar-refractivity contribution in [2.24, 2.45) is 5.92 Å². The lowest BCUT2D eigenvalue weighted by Gasteiger charge is -2.24. The van der Waals surface area contributed by atoms with Crippen LogP contribution in [0.5, 0.6) is 0 Å². The molecule has 1 amide bonds. The fraction of sp³-hybridized carbons (Fsp3) is 0.457. The third-order valence-corrected chi connectivity index (χ3v) is 7.10. The molecule has 2 aromatic rings. The number of aliphatic carboxylic acids is 1. The van der Waals surface area contributed by atoms with Crippen LogP contribution in [-0.4, -0.2) is 58.7 Å². The van der Waals surface area contributed by atoms with E-state index < -0.39 is 52.9 Å². The molecule has 0 fully saturated rings. The van der Waals surface area contributed by atoms with Crippen molar-refractivity contribution >= 4 is 29.8 Å². The number of carbonyl (C=O) groups is 5. The Morgan fingerprint density at radius 1 is 0.800 bits per heavy atom. The molecule has 45 heavy (non-hydrogen) atoms. The molecule has 0 radical (unpaired) electrons. The summed E-state index contributed by atoms with van der Waals surface area (Å²) in [6, 6.07) is 14.3. The molecule has 0 unspecified atom stereocenters. The standard InChI is InChI=1S/C35H43NO9/c1-21(22(32(40)41)16-18-29(37)44-34(2,3)4)31(39)28(17-19-30(38)45-35(5,6)7)36-33(42)43-20-27-25-14-10-8-12-23(25)24-13-9-11-15-26(24)27/h8-15,22,27-28H,1,16-20H2,2-7H3,(H,36,42)(H,40,41)/t22-,28+/m1/s1. The number of Topliss-reactive ketones (excluding diaryl/α,β-unsaturated/α-hetero) is 1. The third kappa shape index (κ3) is 10.0. The summed E-state index contributed by atoms with van der Waals surface area (Å²) in [4.78, 5) is 63.5. The summed E-state index contributed by atoms with van der Waals surface area (Å²) in [5, 5.41) is 12.4. The second-order valence-corrected chi connectivity index (χ2v) is 13.1. The summed E-state index contributed by atoms with van der Waals surface area (Å²) in [5.74, 6) is -5.00. The van der Waals surface area contributed by atoms with Crippen LogP contribution in [0.3, 0.4) is 0 Å². The molecule has 0 bridgehead atoms. The molecule has 2 atom stereocenters. The molecule has 1 aliphatic rings. The maximum absolute atomic E-state index is 13.6. The van der Waals surface area contributed by atoms with Gasteiger partial charge in [0.05, 0.1) is 12.0 Å². The zero-order valence-corrected chi connectivity index (χ0v) is 26.8. The van der Waals surface area contributed by atoms with Gasteiger partial charge in [0.25, 0.3) is 0 Å². The quantitative estimate of drug-likeness (QED) is 0.157. The van der Waals surface area contributed by atoms with Crippen LogP contribution < -0.4 is 5.32 Å². The van der Waals surface area contributed by atoms with Crippen LogP contribution in [0.2, 0.25) is 0 Å². The first-order valence-corrected chi connectivity index (χ1v) is 15.0. The van der Waals surface area contributed by atoms with E-state index in [-0.39, 0.29) is 43.8 Å². The number of carboxylic acids is 1. The first kappa shape index (κ1) is 35.0. The van der Waals surface area contributed by atoms with E-state index in [0.29, 0.717) is 0 Å². The van der Waals surface area contributed by atoms with Gasteiger partial charge in [-0.2, -0.15) is 0 Å². The van der Waals surface area contributed by atoms with Gasteiger partial charge in [-0.15, -0.1) is 0 Å². The van der Waals surface area contributed by atoms with Gasteiger partial charge in [0.2, 0.25) is 0 Å². The summed E-state index contributed by atoms with van der Waals surface area (Å²) in [6.45, 7) is 13.9. The molecule has 242 valence electrons. The molecule has 0 heterocycles. The van der Waals surface area contributed by atoms with Gasteiger partial charge in [-0.1, -0.05) is 55.1 Å². The zero-order chi connectivity index (χ0) is 33.5. The van der Waals surface area contributed by atoms with E-state index in [4.69, 9.17) is 14.2 Å². The van der Waals surface area contributed by atoms with Crippen molar-refractivity contribution in [3.05, 3.63) is 71.8 Å². The van der Waals surface area contributed by atoms with E-state index in [9.17, 15) is 29.1 Å². The van der Waals surface area contributed by atoms with Gasteiger partial charge in [-0.25, -0.2) is 4.79 Å². The zero-order valence-electron chi connectivity index (χ0n) is 26.8. The minimum absolute atomic E-state index is 0.0125. The second kappa shape index (κ2) is 14.5. The summed E-state index contributed by atoms with van der Waals surface area (Å²) < 4.78 is 16.2. The Balaban J connectivity index is 1.74. The van der Waals surface area contributed by atoms with Gasteiger partial charge in [0, 0.05) is 24.3 Å². The molecule has 10 nitrogen and oxygen atoms in total. The van der Waals surface area contributed by atoms with Crippen molar-refractivity contribution in [2.75, 3.05) is 6.61 Å². The molecule has 0 saturated carbocycles. The summed E-state index contributed by atoms with van der Waals surface area (Å²) in [7, 11) is 0. The predicted molar refractivity (Wildman–Crippen MR) is 167 cm³/mol. The Hall–Kier alpha value is -4.47. The number of esters is 2.